The average molecular weight is 325 g/mol. The number of hydrogen-bond acceptors (Lipinski definition) is 3. The van der Waals surface area contributed by atoms with Gasteiger partial charge < -0.3 is 9.64 Å². The first-order valence-electron chi connectivity index (χ1n) is 8.73. The summed E-state index contributed by atoms with van der Waals surface area (Å²) in [4.78, 5) is 14.6. The lowest BCUT2D eigenvalue weighted by Gasteiger charge is -2.24. The molecular formula is C19H23N3O2. The van der Waals surface area contributed by atoms with Crippen LogP contribution in [-0.4, -0.2) is 33.7 Å². The van der Waals surface area contributed by atoms with E-state index in [0.717, 1.165) is 43.5 Å². The summed E-state index contributed by atoms with van der Waals surface area (Å²) in [6.07, 6.45) is 9.39. The normalized spacial score (nSPS) is 19.5. The lowest BCUT2D eigenvalue weighted by atomic mass is 10.1. The number of fused-ring (bicyclic) bond motifs is 1. The fourth-order valence-corrected chi connectivity index (χ4v) is 3.89. The summed E-state index contributed by atoms with van der Waals surface area (Å²) in [5.74, 6) is 0.864. The molecular weight excluding hydrogens is 302 g/mol. The van der Waals surface area contributed by atoms with Gasteiger partial charge >= 0.3 is 0 Å². The van der Waals surface area contributed by atoms with Crippen molar-refractivity contribution in [3.63, 3.8) is 0 Å². The maximum atomic E-state index is 12.6. The van der Waals surface area contributed by atoms with E-state index < -0.39 is 0 Å². The topological polar surface area (TPSA) is 47.4 Å². The number of likely N-dealkylation sites (tertiary alicyclic amines) is 1. The lowest BCUT2D eigenvalue weighted by molar-refractivity contribution is -0.134. The molecule has 126 valence electrons. The van der Waals surface area contributed by atoms with Gasteiger partial charge in [0.1, 0.15) is 5.75 Å². The zero-order chi connectivity index (χ0) is 16.5. The third-order valence-electron chi connectivity index (χ3n) is 5.12. The molecule has 5 nitrogen and oxygen atoms in total. The van der Waals surface area contributed by atoms with Gasteiger partial charge in [-0.2, -0.15) is 5.10 Å². The maximum Gasteiger partial charge on any atom is 0.261 e. The molecule has 24 heavy (non-hydrogen) atoms. The molecule has 4 rings (SSSR count). The van der Waals surface area contributed by atoms with Gasteiger partial charge in [0.2, 0.25) is 0 Å². The quantitative estimate of drug-likeness (QED) is 0.868. The minimum Gasteiger partial charge on any atom is -0.484 e. The van der Waals surface area contributed by atoms with Gasteiger partial charge in [0.15, 0.2) is 6.61 Å². The second-order valence-electron chi connectivity index (χ2n) is 6.77. The molecule has 2 heterocycles. The Bertz CT molecular complexity index is 753. The minimum absolute atomic E-state index is 0.0573. The number of carbonyl (C=O) groups excluding carboxylic acids is 1. The van der Waals surface area contributed by atoms with Crippen molar-refractivity contribution in [3.8, 4) is 5.75 Å². The van der Waals surface area contributed by atoms with E-state index in [-0.39, 0.29) is 18.6 Å². The van der Waals surface area contributed by atoms with E-state index in [1.165, 1.54) is 17.5 Å². The van der Waals surface area contributed by atoms with Gasteiger partial charge in [-0.25, -0.2) is 0 Å². The van der Waals surface area contributed by atoms with Gasteiger partial charge in [-0.3, -0.25) is 9.48 Å². The van der Waals surface area contributed by atoms with Crippen molar-refractivity contribution in [3.05, 3.63) is 47.3 Å². The van der Waals surface area contributed by atoms with Crippen LogP contribution in [0.4, 0.5) is 0 Å². The van der Waals surface area contributed by atoms with Crippen LogP contribution >= 0.6 is 0 Å². The zero-order valence-corrected chi connectivity index (χ0v) is 14.1. The number of carbonyl (C=O) groups is 1. The second kappa shape index (κ2) is 6.30. The number of benzene rings is 1. The van der Waals surface area contributed by atoms with Crippen molar-refractivity contribution in [2.75, 3.05) is 13.2 Å². The summed E-state index contributed by atoms with van der Waals surface area (Å²) >= 11 is 0. The fourth-order valence-electron chi connectivity index (χ4n) is 3.89. The third-order valence-corrected chi connectivity index (χ3v) is 5.12. The average Bonchev–Trinajstić information content (AvgIpc) is 3.31. The molecule has 1 unspecified atom stereocenters. The Hall–Kier alpha value is -2.30. The van der Waals surface area contributed by atoms with E-state index in [1.807, 2.05) is 30.4 Å². The first-order valence-corrected chi connectivity index (χ1v) is 8.73. The molecule has 1 aromatic heterocycles. The molecule has 1 saturated heterocycles. The smallest absolute Gasteiger partial charge is 0.261 e. The van der Waals surface area contributed by atoms with Crippen molar-refractivity contribution >= 4 is 5.91 Å². The van der Waals surface area contributed by atoms with Crippen molar-refractivity contribution in [2.45, 2.75) is 38.1 Å². The highest BCUT2D eigenvalue weighted by molar-refractivity contribution is 5.78. The Morgan fingerprint density at radius 3 is 3.00 bits per heavy atom. The van der Waals surface area contributed by atoms with Crippen LogP contribution in [0.5, 0.6) is 5.75 Å². The van der Waals surface area contributed by atoms with Crippen LogP contribution < -0.4 is 4.74 Å². The number of amides is 1. The van der Waals surface area contributed by atoms with Crippen LogP contribution in [0, 0.1) is 0 Å². The molecule has 1 aliphatic carbocycles. The Kier molecular flexibility index (Phi) is 4.00. The Morgan fingerprint density at radius 1 is 1.29 bits per heavy atom. The monoisotopic (exact) mass is 325 g/mol. The molecule has 0 bridgehead atoms. The first kappa shape index (κ1) is 15.2. The SMILES string of the molecule is Cn1cc(C2CCCN2C(=O)COc2ccc3c(c2)CCC3)cn1. The molecule has 1 aromatic carbocycles. The summed E-state index contributed by atoms with van der Waals surface area (Å²) in [6, 6.07) is 6.35. The third kappa shape index (κ3) is 2.90. The summed E-state index contributed by atoms with van der Waals surface area (Å²) in [6.45, 7) is 0.904. The van der Waals surface area contributed by atoms with Gasteiger partial charge in [0.25, 0.3) is 5.91 Å². The van der Waals surface area contributed by atoms with Crippen molar-refractivity contribution in [1.29, 1.82) is 0 Å². The van der Waals surface area contributed by atoms with E-state index in [4.69, 9.17) is 4.74 Å². The molecule has 0 N–H and O–H groups in total. The number of hydrogen-bond donors (Lipinski definition) is 0. The largest absolute Gasteiger partial charge is 0.484 e. The number of aryl methyl sites for hydroxylation is 3. The van der Waals surface area contributed by atoms with Crippen LogP contribution in [0.15, 0.2) is 30.6 Å². The number of ether oxygens (including phenoxy) is 1. The first-order chi connectivity index (χ1) is 11.7. The summed E-state index contributed by atoms with van der Waals surface area (Å²) in [5, 5.41) is 4.23. The van der Waals surface area contributed by atoms with E-state index in [0.29, 0.717) is 0 Å². The van der Waals surface area contributed by atoms with E-state index in [2.05, 4.69) is 17.2 Å². The van der Waals surface area contributed by atoms with Gasteiger partial charge in [-0.15, -0.1) is 0 Å². The molecule has 1 fully saturated rings. The summed E-state index contributed by atoms with van der Waals surface area (Å²) < 4.78 is 7.57. The molecule has 0 radical (unpaired) electrons. The van der Waals surface area contributed by atoms with E-state index >= 15 is 0 Å². The summed E-state index contributed by atoms with van der Waals surface area (Å²) in [5.41, 5.74) is 3.90. The predicted molar refractivity (Wildman–Crippen MR) is 90.9 cm³/mol. The minimum atomic E-state index is 0.0573. The Labute approximate surface area is 142 Å². The van der Waals surface area contributed by atoms with Crippen LogP contribution in [-0.2, 0) is 24.7 Å². The fraction of sp³-hybridized carbons (Fsp3) is 0.474. The van der Waals surface area contributed by atoms with E-state index in [9.17, 15) is 4.79 Å². The number of aromatic nitrogens is 2. The van der Waals surface area contributed by atoms with Crippen molar-refractivity contribution in [2.24, 2.45) is 7.05 Å². The highest BCUT2D eigenvalue weighted by Crippen LogP contribution is 2.32. The highest BCUT2D eigenvalue weighted by atomic mass is 16.5. The Balaban J connectivity index is 1.40. The predicted octanol–water partition coefficient (Wildman–Crippen LogP) is 2.65. The molecule has 2 aliphatic rings. The highest BCUT2D eigenvalue weighted by Gasteiger charge is 2.30. The van der Waals surface area contributed by atoms with Gasteiger partial charge in [-0.05, 0) is 55.4 Å². The lowest BCUT2D eigenvalue weighted by Crippen LogP contribution is -2.34. The van der Waals surface area contributed by atoms with Crippen LogP contribution in [0.2, 0.25) is 0 Å². The number of nitrogens with zero attached hydrogens (tertiary/aromatic N) is 3. The molecule has 1 amide bonds. The molecule has 5 heteroatoms. The molecule has 2 aromatic rings. The van der Waals surface area contributed by atoms with Crippen molar-refractivity contribution in [1.82, 2.24) is 14.7 Å². The van der Waals surface area contributed by atoms with Crippen LogP contribution in [0.25, 0.3) is 0 Å². The Morgan fingerprint density at radius 2 is 2.17 bits per heavy atom. The zero-order valence-electron chi connectivity index (χ0n) is 14.1. The molecule has 1 atom stereocenters. The number of rotatable bonds is 4. The van der Waals surface area contributed by atoms with Gasteiger partial charge in [-0.1, -0.05) is 6.07 Å². The standard InChI is InChI=1S/C19H23N3O2/c1-21-12-16(11-20-21)18-6-3-9-22(18)19(23)13-24-17-8-7-14-4-2-5-15(14)10-17/h7-8,10-12,18H,2-6,9,13H2,1H3. The molecule has 0 saturated carbocycles. The second-order valence-corrected chi connectivity index (χ2v) is 6.77. The van der Waals surface area contributed by atoms with Gasteiger partial charge in [0, 0.05) is 25.4 Å². The van der Waals surface area contributed by atoms with Gasteiger partial charge in [0.05, 0.1) is 12.2 Å². The summed E-state index contributed by atoms with van der Waals surface area (Å²) in [7, 11) is 1.90. The molecule has 1 aliphatic heterocycles. The van der Waals surface area contributed by atoms with Crippen LogP contribution in [0.3, 0.4) is 0 Å². The molecule has 0 spiro atoms. The van der Waals surface area contributed by atoms with Crippen LogP contribution in [0.1, 0.15) is 42.0 Å². The van der Waals surface area contributed by atoms with E-state index in [1.54, 1.807) is 4.68 Å². The maximum absolute atomic E-state index is 12.6. The van der Waals surface area contributed by atoms with Crippen molar-refractivity contribution < 1.29 is 9.53 Å².